The molecule has 1 fully saturated rings. The molecule has 1 saturated heterocycles. The van der Waals surface area contributed by atoms with Crippen LogP contribution in [0.3, 0.4) is 0 Å². The molecule has 1 atom stereocenters. The molecule has 2 aromatic carbocycles. The molecular weight excluding hydrogens is 558 g/mol. The van der Waals surface area contributed by atoms with E-state index < -0.39 is 23.6 Å². The minimum Gasteiger partial charge on any atom is -0.353 e. The number of benzene rings is 2. The molecule has 1 aliphatic heterocycles. The highest BCUT2D eigenvalue weighted by Crippen LogP contribution is 2.32. The van der Waals surface area contributed by atoms with Crippen LogP contribution in [0.5, 0.6) is 0 Å². The maximum atomic E-state index is 14.1. The van der Waals surface area contributed by atoms with Gasteiger partial charge >= 0.3 is 6.18 Å². The van der Waals surface area contributed by atoms with Crippen molar-refractivity contribution in [1.82, 2.24) is 30.4 Å². The number of anilines is 1. The third kappa shape index (κ3) is 5.42. The van der Waals surface area contributed by atoms with E-state index in [0.717, 1.165) is 22.2 Å². The van der Waals surface area contributed by atoms with Crippen LogP contribution in [0.2, 0.25) is 0 Å². The summed E-state index contributed by atoms with van der Waals surface area (Å²) in [4.78, 5) is 23.3. The number of carbonyl (C=O) groups excluding carboxylic acids is 1. The number of fused-ring (bicyclic) bond motifs is 1. The number of nitrogens with one attached hydrogen (secondary N) is 2. The van der Waals surface area contributed by atoms with Crippen molar-refractivity contribution in [3.63, 3.8) is 0 Å². The topological polar surface area (TPSA) is 88.0 Å². The second-order valence-corrected chi connectivity index (χ2v) is 9.38. The average molecular weight is 578 g/mol. The molecule has 192 valence electrons. The molecule has 0 bridgehead atoms. The molecule has 4 aromatic rings. The second-order valence-electron chi connectivity index (χ2n) is 8.47. The van der Waals surface area contributed by atoms with Crippen molar-refractivity contribution in [3.8, 4) is 5.69 Å². The zero-order valence-corrected chi connectivity index (χ0v) is 20.7. The number of hydrogen-bond acceptors (Lipinski definition) is 6. The first-order valence-electron chi connectivity index (χ1n) is 11.3. The van der Waals surface area contributed by atoms with Crippen LogP contribution in [0, 0.1) is 5.82 Å². The molecule has 5 rings (SSSR count). The van der Waals surface area contributed by atoms with E-state index in [-0.39, 0.29) is 11.6 Å². The Morgan fingerprint density at radius 1 is 1.16 bits per heavy atom. The van der Waals surface area contributed by atoms with E-state index in [1.165, 1.54) is 17.2 Å². The molecule has 1 amide bonds. The van der Waals surface area contributed by atoms with E-state index in [1.807, 2.05) is 29.2 Å². The van der Waals surface area contributed by atoms with E-state index >= 15 is 0 Å². The summed E-state index contributed by atoms with van der Waals surface area (Å²) < 4.78 is 55.1. The molecule has 0 aliphatic carbocycles. The van der Waals surface area contributed by atoms with Crippen LogP contribution in [0.15, 0.2) is 59.5 Å². The number of nitrogens with zero attached hydrogens (tertiary/aromatic N) is 5. The van der Waals surface area contributed by atoms with Crippen molar-refractivity contribution in [1.29, 1.82) is 0 Å². The van der Waals surface area contributed by atoms with Gasteiger partial charge in [0.15, 0.2) is 5.65 Å². The fraction of sp³-hybridized carbons (Fsp3) is 0.250. The first-order chi connectivity index (χ1) is 17.7. The Labute approximate surface area is 216 Å². The summed E-state index contributed by atoms with van der Waals surface area (Å²) in [5.41, 5.74) is 0.0209. The molecule has 0 saturated carbocycles. The number of hydrogen-bond donors (Lipinski definition) is 2. The normalized spacial score (nSPS) is 16.2. The molecule has 2 N–H and O–H groups in total. The van der Waals surface area contributed by atoms with Gasteiger partial charge in [0.1, 0.15) is 24.0 Å². The summed E-state index contributed by atoms with van der Waals surface area (Å²) in [6, 6.07) is 9.75. The zero-order chi connectivity index (χ0) is 26.2. The van der Waals surface area contributed by atoms with Crippen LogP contribution >= 0.6 is 15.9 Å². The molecule has 0 spiro atoms. The summed E-state index contributed by atoms with van der Waals surface area (Å²) in [5.74, 6) is -1.03. The van der Waals surface area contributed by atoms with Crippen LogP contribution in [0.4, 0.5) is 23.4 Å². The highest BCUT2D eigenvalue weighted by Gasteiger charge is 2.34. The van der Waals surface area contributed by atoms with Gasteiger partial charge in [-0.25, -0.2) is 19.0 Å². The molecule has 1 aliphatic rings. The number of aromatic nitrogens is 4. The molecular formula is C24H20BrF4N7O. The lowest BCUT2D eigenvalue weighted by Crippen LogP contribution is -2.57. The monoisotopic (exact) mass is 577 g/mol. The lowest BCUT2D eigenvalue weighted by atomic mass is 10.1. The SMILES string of the molecule is O=C(NCc1ccc(Br)cc1)C1CN(c2ncnc3nn(-c4ccc(C(F)(F)F)c(F)c4)cc23)CCN1. The van der Waals surface area contributed by atoms with Crippen molar-refractivity contribution in [2.24, 2.45) is 0 Å². The number of carbonyl (C=O) groups is 1. The minimum absolute atomic E-state index is 0.111. The van der Waals surface area contributed by atoms with Gasteiger partial charge in [-0.15, -0.1) is 5.10 Å². The van der Waals surface area contributed by atoms with E-state index in [4.69, 9.17) is 0 Å². The van der Waals surface area contributed by atoms with Gasteiger partial charge in [0, 0.05) is 42.9 Å². The summed E-state index contributed by atoms with van der Waals surface area (Å²) in [7, 11) is 0. The predicted octanol–water partition coefficient (Wildman–Crippen LogP) is 3.83. The molecule has 0 radical (unpaired) electrons. The fourth-order valence-corrected chi connectivity index (χ4v) is 4.38. The number of halogens is 5. The molecule has 2 aromatic heterocycles. The van der Waals surface area contributed by atoms with Crippen molar-refractivity contribution in [2.75, 3.05) is 24.5 Å². The van der Waals surface area contributed by atoms with Crippen molar-refractivity contribution in [2.45, 2.75) is 18.8 Å². The molecule has 1 unspecified atom stereocenters. The van der Waals surface area contributed by atoms with E-state index in [1.54, 1.807) is 0 Å². The third-order valence-corrected chi connectivity index (χ3v) is 6.52. The standard InChI is InChI=1S/C24H20BrF4N7O/c25-15-3-1-14(2-4-15)10-31-23(37)20-12-35(8-7-30-20)22-17-11-36(34-21(17)32-13-33-22)16-5-6-18(19(26)9-16)24(27,28)29/h1-6,9,11,13,20,30H,7-8,10,12H2,(H,31,37). The van der Waals surface area contributed by atoms with Crippen molar-refractivity contribution < 1.29 is 22.4 Å². The zero-order valence-electron chi connectivity index (χ0n) is 19.1. The Balaban J connectivity index is 1.34. The van der Waals surface area contributed by atoms with Crippen LogP contribution < -0.4 is 15.5 Å². The van der Waals surface area contributed by atoms with Gasteiger partial charge in [-0.1, -0.05) is 28.1 Å². The summed E-state index contributed by atoms with van der Waals surface area (Å²) in [6.45, 7) is 1.81. The molecule has 3 heterocycles. The molecule has 13 heteroatoms. The van der Waals surface area contributed by atoms with Gasteiger partial charge in [0.25, 0.3) is 0 Å². The minimum atomic E-state index is -4.79. The predicted molar refractivity (Wildman–Crippen MR) is 132 cm³/mol. The first kappa shape index (κ1) is 25.1. The Morgan fingerprint density at radius 3 is 2.68 bits per heavy atom. The van der Waals surface area contributed by atoms with Gasteiger partial charge in [0.2, 0.25) is 5.91 Å². The highest BCUT2D eigenvalue weighted by molar-refractivity contribution is 9.10. The van der Waals surface area contributed by atoms with Gasteiger partial charge in [-0.05, 0) is 29.8 Å². The molecule has 8 nitrogen and oxygen atoms in total. The largest absolute Gasteiger partial charge is 0.419 e. The Kier molecular flexibility index (Phi) is 6.82. The van der Waals surface area contributed by atoms with Crippen LogP contribution in [-0.4, -0.2) is 51.3 Å². The summed E-state index contributed by atoms with van der Waals surface area (Å²) in [5, 5.41) is 11.0. The lowest BCUT2D eigenvalue weighted by Gasteiger charge is -2.33. The summed E-state index contributed by atoms with van der Waals surface area (Å²) >= 11 is 3.38. The smallest absolute Gasteiger partial charge is 0.353 e. The van der Waals surface area contributed by atoms with Crippen LogP contribution in [0.25, 0.3) is 16.7 Å². The van der Waals surface area contributed by atoms with Gasteiger partial charge in [-0.3, -0.25) is 4.79 Å². The Hall–Kier alpha value is -3.58. The van der Waals surface area contributed by atoms with Gasteiger partial charge < -0.3 is 15.5 Å². The maximum absolute atomic E-state index is 14.1. The quantitative estimate of drug-likeness (QED) is 0.351. The Bertz CT molecular complexity index is 1440. The summed E-state index contributed by atoms with van der Waals surface area (Å²) in [6.07, 6.45) is -1.93. The highest BCUT2D eigenvalue weighted by atomic mass is 79.9. The number of piperazine rings is 1. The molecule has 37 heavy (non-hydrogen) atoms. The third-order valence-electron chi connectivity index (χ3n) is 5.99. The second kappa shape index (κ2) is 10.1. The van der Waals surface area contributed by atoms with Crippen molar-refractivity contribution in [3.05, 3.63) is 76.4 Å². The first-order valence-corrected chi connectivity index (χ1v) is 12.1. The van der Waals surface area contributed by atoms with Gasteiger partial charge in [0.05, 0.1) is 16.6 Å². The van der Waals surface area contributed by atoms with Gasteiger partial charge in [-0.2, -0.15) is 13.2 Å². The maximum Gasteiger partial charge on any atom is 0.419 e. The lowest BCUT2D eigenvalue weighted by molar-refractivity contribution is -0.140. The number of alkyl halides is 3. The van der Waals surface area contributed by atoms with E-state index in [9.17, 15) is 22.4 Å². The van der Waals surface area contributed by atoms with Crippen LogP contribution in [0.1, 0.15) is 11.1 Å². The average Bonchev–Trinajstić information content (AvgIpc) is 3.32. The Morgan fingerprint density at radius 2 is 1.95 bits per heavy atom. The number of rotatable bonds is 5. The van der Waals surface area contributed by atoms with E-state index in [2.05, 4.69) is 41.6 Å². The fourth-order valence-electron chi connectivity index (χ4n) is 4.12. The number of amides is 1. The van der Waals surface area contributed by atoms with Crippen molar-refractivity contribution >= 4 is 38.7 Å². The van der Waals surface area contributed by atoms with E-state index in [0.29, 0.717) is 49.1 Å². The van der Waals surface area contributed by atoms with Crippen LogP contribution in [-0.2, 0) is 17.5 Å².